The van der Waals surface area contributed by atoms with Crippen LogP contribution >= 0.6 is 0 Å². The number of benzene rings is 1. The lowest BCUT2D eigenvalue weighted by atomic mass is 10.1. The van der Waals surface area contributed by atoms with E-state index in [4.69, 9.17) is 4.74 Å². The Hall–Kier alpha value is -1.63. The van der Waals surface area contributed by atoms with E-state index in [-0.39, 0.29) is 6.03 Å². The summed E-state index contributed by atoms with van der Waals surface area (Å²) in [6.45, 7) is 9.04. The molecule has 25 heavy (non-hydrogen) atoms. The van der Waals surface area contributed by atoms with Gasteiger partial charge in [0.15, 0.2) is 0 Å². The summed E-state index contributed by atoms with van der Waals surface area (Å²) in [5, 5.41) is 5.99. The fraction of sp³-hybridized carbons (Fsp3) is 0.632. The average molecular weight is 346 g/mol. The Bertz CT molecular complexity index is 519. The highest BCUT2D eigenvalue weighted by atomic mass is 16.5. The minimum Gasteiger partial charge on any atom is -0.379 e. The van der Waals surface area contributed by atoms with Crippen molar-refractivity contribution in [1.82, 2.24) is 20.4 Å². The number of likely N-dealkylation sites (tertiary alicyclic amines) is 1. The summed E-state index contributed by atoms with van der Waals surface area (Å²) in [5.41, 5.74) is 1.36. The fourth-order valence-electron chi connectivity index (χ4n) is 3.52. The monoisotopic (exact) mass is 346 g/mol. The molecule has 1 aromatic carbocycles. The highest BCUT2D eigenvalue weighted by molar-refractivity contribution is 5.73. The molecule has 2 fully saturated rings. The zero-order chi connectivity index (χ0) is 17.3. The predicted molar refractivity (Wildman–Crippen MR) is 98.5 cm³/mol. The molecule has 138 valence electrons. The molecule has 0 radical (unpaired) electrons. The summed E-state index contributed by atoms with van der Waals surface area (Å²) in [6, 6.07) is 10.5. The van der Waals surface area contributed by atoms with Crippen LogP contribution in [0.5, 0.6) is 0 Å². The van der Waals surface area contributed by atoms with Gasteiger partial charge in [-0.05, 0) is 24.4 Å². The number of ether oxygens (including phenoxy) is 1. The Morgan fingerprint density at radius 3 is 2.68 bits per heavy atom. The standard InChI is InChI=1S/C19H30N4O2/c24-19(20-7-9-22-10-12-25-13-11-22)21-14-18-6-8-23(16-18)15-17-4-2-1-3-5-17/h1-5,18H,6-16H2,(H2,20,21,24)/t18-/m0/s1. The van der Waals surface area contributed by atoms with Crippen LogP contribution in [0.25, 0.3) is 0 Å². The Labute approximate surface area is 150 Å². The second-order valence-electron chi connectivity index (χ2n) is 6.97. The van der Waals surface area contributed by atoms with Crippen LogP contribution < -0.4 is 10.6 Å². The molecule has 0 bridgehead atoms. The second kappa shape index (κ2) is 9.75. The molecule has 2 amide bonds. The van der Waals surface area contributed by atoms with Crippen LogP contribution in [0.2, 0.25) is 0 Å². The van der Waals surface area contributed by atoms with Crippen LogP contribution in [0.1, 0.15) is 12.0 Å². The van der Waals surface area contributed by atoms with E-state index in [0.717, 1.165) is 65.4 Å². The van der Waals surface area contributed by atoms with Crippen molar-refractivity contribution < 1.29 is 9.53 Å². The van der Waals surface area contributed by atoms with E-state index in [1.807, 2.05) is 0 Å². The maximum absolute atomic E-state index is 11.9. The first-order valence-electron chi connectivity index (χ1n) is 9.37. The summed E-state index contributed by atoms with van der Waals surface area (Å²) in [4.78, 5) is 16.7. The van der Waals surface area contributed by atoms with Gasteiger partial charge in [0, 0.05) is 45.8 Å². The van der Waals surface area contributed by atoms with Crippen LogP contribution in [0, 0.1) is 5.92 Å². The highest BCUT2D eigenvalue weighted by Crippen LogP contribution is 2.17. The minimum atomic E-state index is -0.0465. The molecule has 1 aromatic rings. The molecule has 2 aliphatic heterocycles. The number of carbonyl (C=O) groups excluding carboxylic acids is 1. The smallest absolute Gasteiger partial charge is 0.314 e. The molecule has 6 heteroatoms. The summed E-state index contributed by atoms with van der Waals surface area (Å²) in [7, 11) is 0. The van der Waals surface area contributed by atoms with E-state index in [1.54, 1.807) is 0 Å². The van der Waals surface area contributed by atoms with Crippen LogP contribution in [0.4, 0.5) is 4.79 Å². The topological polar surface area (TPSA) is 56.8 Å². The Balaban J connectivity index is 1.26. The van der Waals surface area contributed by atoms with Gasteiger partial charge in [0.2, 0.25) is 0 Å². The maximum atomic E-state index is 11.9. The molecular formula is C19H30N4O2. The van der Waals surface area contributed by atoms with E-state index in [2.05, 4.69) is 50.8 Å². The quantitative estimate of drug-likeness (QED) is 0.777. The first-order chi connectivity index (χ1) is 12.3. The second-order valence-corrected chi connectivity index (χ2v) is 6.97. The molecule has 0 spiro atoms. The third-order valence-electron chi connectivity index (χ3n) is 4.99. The van der Waals surface area contributed by atoms with E-state index >= 15 is 0 Å². The SMILES string of the molecule is O=C(NCCN1CCOCC1)NC[C@@H]1CCN(Cc2ccccc2)C1. The maximum Gasteiger partial charge on any atom is 0.314 e. The van der Waals surface area contributed by atoms with Crippen molar-refractivity contribution in [2.24, 2.45) is 5.92 Å². The van der Waals surface area contributed by atoms with Crippen molar-refractivity contribution in [3.05, 3.63) is 35.9 Å². The van der Waals surface area contributed by atoms with Crippen molar-refractivity contribution in [2.45, 2.75) is 13.0 Å². The zero-order valence-electron chi connectivity index (χ0n) is 15.0. The lowest BCUT2D eigenvalue weighted by Gasteiger charge is -2.26. The number of hydrogen-bond acceptors (Lipinski definition) is 4. The van der Waals surface area contributed by atoms with Gasteiger partial charge >= 0.3 is 6.03 Å². The molecule has 0 unspecified atom stereocenters. The molecule has 3 rings (SSSR count). The van der Waals surface area contributed by atoms with Gasteiger partial charge in [-0.25, -0.2) is 4.79 Å². The van der Waals surface area contributed by atoms with E-state index in [0.29, 0.717) is 12.5 Å². The summed E-state index contributed by atoms with van der Waals surface area (Å²) >= 11 is 0. The van der Waals surface area contributed by atoms with Gasteiger partial charge in [-0.2, -0.15) is 0 Å². The van der Waals surface area contributed by atoms with Crippen LogP contribution in [0.15, 0.2) is 30.3 Å². The predicted octanol–water partition coefficient (Wildman–Crippen LogP) is 1.14. The van der Waals surface area contributed by atoms with Crippen LogP contribution in [0.3, 0.4) is 0 Å². The summed E-state index contributed by atoms with van der Waals surface area (Å²) < 4.78 is 5.32. The Kier molecular flexibility index (Phi) is 7.09. The number of nitrogens with zero attached hydrogens (tertiary/aromatic N) is 2. The first-order valence-corrected chi connectivity index (χ1v) is 9.37. The number of amides is 2. The fourth-order valence-corrected chi connectivity index (χ4v) is 3.52. The molecule has 0 saturated carbocycles. The number of nitrogens with one attached hydrogen (secondary N) is 2. The molecule has 6 nitrogen and oxygen atoms in total. The van der Waals surface area contributed by atoms with Crippen molar-refractivity contribution in [2.75, 3.05) is 59.0 Å². The zero-order valence-corrected chi connectivity index (χ0v) is 15.0. The van der Waals surface area contributed by atoms with Crippen molar-refractivity contribution in [1.29, 1.82) is 0 Å². The van der Waals surface area contributed by atoms with Crippen molar-refractivity contribution in [3.8, 4) is 0 Å². The Morgan fingerprint density at radius 1 is 1.08 bits per heavy atom. The normalized spacial score (nSPS) is 22.0. The largest absolute Gasteiger partial charge is 0.379 e. The number of rotatable bonds is 7. The van der Waals surface area contributed by atoms with Crippen molar-refractivity contribution in [3.63, 3.8) is 0 Å². The third kappa shape index (κ3) is 6.30. The molecule has 0 aromatic heterocycles. The lowest BCUT2D eigenvalue weighted by molar-refractivity contribution is 0.0387. The van der Waals surface area contributed by atoms with E-state index in [1.165, 1.54) is 5.56 Å². The molecule has 2 N–H and O–H groups in total. The Morgan fingerprint density at radius 2 is 1.88 bits per heavy atom. The minimum absolute atomic E-state index is 0.0465. The number of hydrogen-bond donors (Lipinski definition) is 2. The van der Waals surface area contributed by atoms with Gasteiger partial charge in [-0.1, -0.05) is 30.3 Å². The van der Waals surface area contributed by atoms with Crippen LogP contribution in [-0.4, -0.2) is 74.9 Å². The summed E-state index contributed by atoms with van der Waals surface area (Å²) in [5.74, 6) is 0.550. The molecular weight excluding hydrogens is 316 g/mol. The van der Waals surface area contributed by atoms with Crippen LogP contribution in [-0.2, 0) is 11.3 Å². The molecule has 2 saturated heterocycles. The average Bonchev–Trinajstić information content (AvgIpc) is 3.09. The number of urea groups is 1. The van der Waals surface area contributed by atoms with Crippen molar-refractivity contribution >= 4 is 6.03 Å². The molecule has 1 atom stereocenters. The lowest BCUT2D eigenvalue weighted by Crippen LogP contribution is -2.44. The van der Waals surface area contributed by atoms with Gasteiger partial charge in [0.1, 0.15) is 0 Å². The molecule has 2 aliphatic rings. The number of morpholine rings is 1. The molecule has 0 aliphatic carbocycles. The van der Waals surface area contributed by atoms with E-state index < -0.39 is 0 Å². The number of carbonyl (C=O) groups is 1. The van der Waals surface area contributed by atoms with Gasteiger partial charge in [0.05, 0.1) is 13.2 Å². The molecule has 2 heterocycles. The van der Waals surface area contributed by atoms with Gasteiger partial charge < -0.3 is 15.4 Å². The highest BCUT2D eigenvalue weighted by Gasteiger charge is 2.22. The van der Waals surface area contributed by atoms with Gasteiger partial charge in [0.25, 0.3) is 0 Å². The summed E-state index contributed by atoms with van der Waals surface area (Å²) in [6.07, 6.45) is 1.15. The van der Waals surface area contributed by atoms with E-state index in [9.17, 15) is 4.79 Å². The van der Waals surface area contributed by atoms with Gasteiger partial charge in [-0.3, -0.25) is 9.80 Å². The van der Waals surface area contributed by atoms with Gasteiger partial charge in [-0.15, -0.1) is 0 Å². The first kappa shape index (κ1) is 18.2. The third-order valence-corrected chi connectivity index (χ3v) is 4.99.